The van der Waals surface area contributed by atoms with Gasteiger partial charge in [-0.1, -0.05) is 11.6 Å². The summed E-state index contributed by atoms with van der Waals surface area (Å²) in [5.74, 6) is 0. The van der Waals surface area contributed by atoms with Gasteiger partial charge in [-0.25, -0.2) is 4.79 Å². The summed E-state index contributed by atoms with van der Waals surface area (Å²) in [6.45, 7) is 7.12. The molecule has 1 aromatic heterocycles. The second-order valence-corrected chi connectivity index (χ2v) is 5.37. The standard InChI is InChI=1S/C11H15ClN2O2S.Na/c1-6-8(12)9(17)7(5-13-6)14-10(15)16-11(2,3)4;/h5H,1-4H3,(H,13,17)(H,14,15);. The van der Waals surface area contributed by atoms with E-state index in [1.807, 2.05) is 0 Å². The van der Waals surface area contributed by atoms with E-state index >= 15 is 0 Å². The number of carbonyl (C=O) groups excluding carboxylic acids is 1. The number of rotatable bonds is 1. The predicted molar refractivity (Wildman–Crippen MR) is 76.8 cm³/mol. The van der Waals surface area contributed by atoms with Crippen LogP contribution in [-0.4, -0.2) is 46.2 Å². The Bertz CT molecular complexity index is 449. The molecule has 1 radical (unpaired) electrons. The minimum atomic E-state index is -0.561. The molecule has 0 aliphatic rings. The Kier molecular flexibility index (Phi) is 7.03. The third-order valence-corrected chi connectivity index (χ3v) is 2.86. The summed E-state index contributed by atoms with van der Waals surface area (Å²) >= 11 is 10.2. The topological polar surface area (TPSA) is 51.2 Å². The second-order valence-electron chi connectivity index (χ2n) is 4.55. The monoisotopic (exact) mass is 297 g/mol. The van der Waals surface area contributed by atoms with Crippen LogP contribution in [0.2, 0.25) is 5.02 Å². The molecule has 1 rings (SSSR count). The predicted octanol–water partition coefficient (Wildman–Crippen LogP) is 3.30. The van der Waals surface area contributed by atoms with E-state index in [0.717, 1.165) is 0 Å². The summed E-state index contributed by atoms with van der Waals surface area (Å²) < 4.78 is 5.11. The molecule has 0 bridgehead atoms. The molecule has 1 aromatic rings. The zero-order chi connectivity index (χ0) is 13.2. The number of amides is 1. The van der Waals surface area contributed by atoms with Gasteiger partial charge in [-0.3, -0.25) is 10.3 Å². The minimum absolute atomic E-state index is 0. The number of hydrogen-bond acceptors (Lipinski definition) is 4. The average Bonchev–Trinajstić information content (AvgIpc) is 2.16. The summed E-state index contributed by atoms with van der Waals surface area (Å²) in [5.41, 5.74) is 0.535. The first-order valence-electron chi connectivity index (χ1n) is 5.05. The maximum Gasteiger partial charge on any atom is 0.412 e. The van der Waals surface area contributed by atoms with E-state index in [0.29, 0.717) is 21.3 Å². The molecule has 0 atom stereocenters. The molecule has 0 aliphatic heterocycles. The van der Waals surface area contributed by atoms with Gasteiger partial charge < -0.3 is 4.74 Å². The zero-order valence-corrected chi connectivity index (χ0v) is 14.8. The maximum absolute atomic E-state index is 11.5. The number of aromatic nitrogens is 1. The van der Waals surface area contributed by atoms with Gasteiger partial charge >= 0.3 is 6.09 Å². The Hall–Kier alpha value is 0.0600. The van der Waals surface area contributed by atoms with Gasteiger partial charge in [0.2, 0.25) is 0 Å². The first kappa shape index (κ1) is 18.1. The number of hydrogen-bond donors (Lipinski definition) is 2. The summed E-state index contributed by atoms with van der Waals surface area (Å²) in [6.07, 6.45) is 0.933. The van der Waals surface area contributed by atoms with Crippen LogP contribution in [0.1, 0.15) is 26.5 Å². The molecule has 1 N–H and O–H groups in total. The molecule has 0 saturated carbocycles. The van der Waals surface area contributed by atoms with Gasteiger partial charge in [-0.15, -0.1) is 12.6 Å². The smallest absolute Gasteiger partial charge is 0.412 e. The molecule has 0 spiro atoms. The van der Waals surface area contributed by atoms with E-state index in [4.69, 9.17) is 16.3 Å². The van der Waals surface area contributed by atoms with Crippen molar-refractivity contribution in [1.82, 2.24) is 4.98 Å². The van der Waals surface area contributed by atoms with E-state index in [9.17, 15) is 4.79 Å². The number of anilines is 1. The zero-order valence-electron chi connectivity index (χ0n) is 11.2. The van der Waals surface area contributed by atoms with Crippen LogP contribution in [-0.2, 0) is 4.74 Å². The van der Waals surface area contributed by atoms with Crippen molar-refractivity contribution < 1.29 is 9.53 Å². The molecular formula is C11H15ClN2NaO2S. The quantitative estimate of drug-likeness (QED) is 0.618. The number of nitrogens with zero attached hydrogens (tertiary/aromatic N) is 1. The van der Waals surface area contributed by atoms with Crippen LogP contribution >= 0.6 is 24.2 Å². The van der Waals surface area contributed by atoms with Crippen molar-refractivity contribution in [3.05, 3.63) is 16.9 Å². The Morgan fingerprint density at radius 2 is 2.06 bits per heavy atom. The average molecular weight is 298 g/mol. The van der Waals surface area contributed by atoms with Gasteiger partial charge in [0, 0.05) is 34.5 Å². The van der Waals surface area contributed by atoms with Crippen LogP contribution in [0.15, 0.2) is 11.1 Å². The molecule has 0 saturated heterocycles. The fourth-order valence-corrected chi connectivity index (χ4v) is 1.50. The van der Waals surface area contributed by atoms with E-state index in [-0.39, 0.29) is 29.6 Å². The summed E-state index contributed by atoms with van der Waals surface area (Å²) in [5, 5.41) is 2.97. The van der Waals surface area contributed by atoms with Gasteiger partial charge in [-0.2, -0.15) is 0 Å². The van der Waals surface area contributed by atoms with E-state index in [1.54, 1.807) is 27.7 Å². The van der Waals surface area contributed by atoms with E-state index in [1.165, 1.54) is 6.20 Å². The Labute approximate surface area is 140 Å². The number of nitrogens with one attached hydrogen (secondary N) is 1. The molecule has 0 aliphatic carbocycles. The second kappa shape index (κ2) is 7.01. The molecule has 18 heavy (non-hydrogen) atoms. The fraction of sp³-hybridized carbons (Fsp3) is 0.455. The van der Waals surface area contributed by atoms with Gasteiger partial charge in [0.1, 0.15) is 5.60 Å². The molecule has 1 heterocycles. The number of ether oxygens (including phenoxy) is 1. The number of carbonyl (C=O) groups is 1. The molecule has 95 valence electrons. The normalized spacial score (nSPS) is 10.6. The third kappa shape index (κ3) is 5.36. The molecular weight excluding hydrogens is 283 g/mol. The van der Waals surface area contributed by atoms with Crippen molar-refractivity contribution in [3.63, 3.8) is 0 Å². The number of halogens is 1. The molecule has 1 amide bonds. The van der Waals surface area contributed by atoms with Crippen molar-refractivity contribution in [1.29, 1.82) is 0 Å². The molecule has 0 fully saturated rings. The summed E-state index contributed by atoms with van der Waals surface area (Å²) in [6, 6.07) is 0. The van der Waals surface area contributed by atoms with Crippen LogP contribution < -0.4 is 5.32 Å². The van der Waals surface area contributed by atoms with Crippen molar-refractivity contribution in [2.24, 2.45) is 0 Å². The van der Waals surface area contributed by atoms with Crippen LogP contribution in [0.5, 0.6) is 0 Å². The molecule has 0 aromatic carbocycles. The first-order chi connectivity index (χ1) is 7.70. The summed E-state index contributed by atoms with van der Waals surface area (Å²) in [4.78, 5) is 16.1. The number of thiol groups is 1. The van der Waals surface area contributed by atoms with Gasteiger partial charge in [-0.05, 0) is 27.7 Å². The van der Waals surface area contributed by atoms with Crippen molar-refractivity contribution >= 4 is 65.6 Å². The van der Waals surface area contributed by atoms with Crippen LogP contribution in [0, 0.1) is 6.92 Å². The molecule has 4 nitrogen and oxygen atoms in total. The number of aryl methyl sites for hydroxylation is 1. The maximum atomic E-state index is 11.5. The van der Waals surface area contributed by atoms with Crippen LogP contribution in [0.3, 0.4) is 0 Å². The van der Waals surface area contributed by atoms with Gasteiger partial charge in [0.15, 0.2) is 0 Å². The minimum Gasteiger partial charge on any atom is -0.444 e. The van der Waals surface area contributed by atoms with Gasteiger partial charge in [0.25, 0.3) is 0 Å². The number of pyridine rings is 1. The Balaban J connectivity index is 0.00000289. The van der Waals surface area contributed by atoms with Crippen molar-refractivity contribution in [2.75, 3.05) is 5.32 Å². The Morgan fingerprint density at radius 3 is 2.56 bits per heavy atom. The molecule has 0 unspecified atom stereocenters. The van der Waals surface area contributed by atoms with Crippen molar-refractivity contribution in [2.45, 2.75) is 38.2 Å². The van der Waals surface area contributed by atoms with Crippen LogP contribution in [0.4, 0.5) is 10.5 Å². The first-order valence-corrected chi connectivity index (χ1v) is 5.87. The molecule has 7 heteroatoms. The summed E-state index contributed by atoms with van der Waals surface area (Å²) in [7, 11) is 0. The van der Waals surface area contributed by atoms with E-state index < -0.39 is 11.7 Å². The Morgan fingerprint density at radius 1 is 1.50 bits per heavy atom. The fourth-order valence-electron chi connectivity index (χ4n) is 1.07. The SMILES string of the molecule is Cc1ncc(NC(=O)OC(C)(C)C)c(S)c1Cl.[Na]. The van der Waals surface area contributed by atoms with Crippen molar-refractivity contribution in [3.8, 4) is 0 Å². The largest absolute Gasteiger partial charge is 0.444 e. The van der Waals surface area contributed by atoms with Crippen LogP contribution in [0.25, 0.3) is 0 Å². The third-order valence-electron chi connectivity index (χ3n) is 1.80. The van der Waals surface area contributed by atoms with Gasteiger partial charge in [0.05, 0.1) is 22.6 Å². The van der Waals surface area contributed by atoms with E-state index in [2.05, 4.69) is 22.9 Å².